The van der Waals surface area contributed by atoms with Crippen LogP contribution >= 0.6 is 0 Å². The molecule has 5 heteroatoms. The summed E-state index contributed by atoms with van der Waals surface area (Å²) in [6.07, 6.45) is 1.70. The highest BCUT2D eigenvalue weighted by Gasteiger charge is 2.19. The molecule has 0 aliphatic rings. The van der Waals surface area contributed by atoms with E-state index in [1.165, 1.54) is 5.56 Å². The highest BCUT2D eigenvalue weighted by Crippen LogP contribution is 2.29. The Morgan fingerprint density at radius 2 is 1.80 bits per heavy atom. The van der Waals surface area contributed by atoms with E-state index < -0.39 is 0 Å². The van der Waals surface area contributed by atoms with Crippen LogP contribution in [0.1, 0.15) is 25.1 Å². The van der Waals surface area contributed by atoms with Gasteiger partial charge in [0.1, 0.15) is 5.69 Å². The molecule has 1 N–H and O–H groups in total. The molecule has 136 valence electrons. The smallest absolute Gasteiger partial charge is 0.184 e. The lowest BCUT2D eigenvalue weighted by atomic mass is 9.95. The molecule has 0 aliphatic heterocycles. The van der Waals surface area contributed by atoms with E-state index in [1.807, 2.05) is 6.07 Å². The summed E-state index contributed by atoms with van der Waals surface area (Å²) in [6, 6.07) is 12.2. The van der Waals surface area contributed by atoms with Gasteiger partial charge >= 0.3 is 0 Å². The molecular formula is C20H28N2O3. The van der Waals surface area contributed by atoms with Crippen molar-refractivity contribution in [3.8, 4) is 11.5 Å². The molecule has 0 atom stereocenters. The Hall–Kier alpha value is -2.11. The van der Waals surface area contributed by atoms with E-state index in [9.17, 15) is 0 Å². The third-order valence-electron chi connectivity index (χ3n) is 3.87. The maximum atomic E-state index is 5.89. The Kier molecular flexibility index (Phi) is 7.22. The molecule has 0 spiro atoms. The number of benzene rings is 1. The number of hydrogen-bond donors (Lipinski definition) is 1. The first-order valence-electron chi connectivity index (χ1n) is 8.44. The Bertz CT molecular complexity index is 645. The lowest BCUT2D eigenvalue weighted by Crippen LogP contribution is -2.33. The first-order valence-corrected chi connectivity index (χ1v) is 8.44. The van der Waals surface area contributed by atoms with E-state index in [4.69, 9.17) is 14.2 Å². The minimum Gasteiger partial charge on any atom is -0.493 e. The van der Waals surface area contributed by atoms with E-state index >= 15 is 0 Å². The predicted molar refractivity (Wildman–Crippen MR) is 98.9 cm³/mol. The number of rotatable bonds is 10. The summed E-state index contributed by atoms with van der Waals surface area (Å²) in [7, 11) is 3.23. The van der Waals surface area contributed by atoms with Gasteiger partial charge in [-0.05, 0) is 5.56 Å². The molecule has 25 heavy (non-hydrogen) atoms. The maximum absolute atomic E-state index is 5.89. The maximum Gasteiger partial charge on any atom is 0.184 e. The van der Waals surface area contributed by atoms with Crippen LogP contribution in [0, 0.1) is 5.41 Å². The van der Waals surface area contributed by atoms with Crippen LogP contribution < -0.4 is 14.8 Å². The average molecular weight is 344 g/mol. The number of methoxy groups -OCH3 is 2. The topological polar surface area (TPSA) is 52.6 Å². The van der Waals surface area contributed by atoms with Crippen LogP contribution in [0.4, 0.5) is 0 Å². The molecule has 0 aliphatic carbocycles. The second-order valence-corrected chi connectivity index (χ2v) is 6.74. The van der Waals surface area contributed by atoms with Gasteiger partial charge in [-0.3, -0.25) is 4.98 Å². The molecule has 2 rings (SSSR count). The Balaban J connectivity index is 1.80. The van der Waals surface area contributed by atoms with E-state index in [1.54, 1.807) is 26.5 Å². The molecule has 1 aromatic heterocycles. The zero-order chi connectivity index (χ0) is 18.1. The van der Waals surface area contributed by atoms with Crippen molar-refractivity contribution < 1.29 is 14.2 Å². The van der Waals surface area contributed by atoms with E-state index in [0.717, 1.165) is 18.8 Å². The molecule has 0 bridgehead atoms. The molecule has 0 fully saturated rings. The minimum atomic E-state index is 0.0148. The third-order valence-corrected chi connectivity index (χ3v) is 3.87. The van der Waals surface area contributed by atoms with Crippen molar-refractivity contribution in [1.82, 2.24) is 10.3 Å². The summed E-state index contributed by atoms with van der Waals surface area (Å²) in [5.41, 5.74) is 2.04. The van der Waals surface area contributed by atoms with Gasteiger partial charge in [-0.25, -0.2) is 0 Å². The van der Waals surface area contributed by atoms with E-state index in [0.29, 0.717) is 24.7 Å². The number of ether oxygens (including phenoxy) is 3. The van der Waals surface area contributed by atoms with Gasteiger partial charge in [0.05, 0.1) is 27.4 Å². The zero-order valence-electron chi connectivity index (χ0n) is 15.5. The summed E-state index contributed by atoms with van der Waals surface area (Å²) >= 11 is 0. The van der Waals surface area contributed by atoms with Crippen molar-refractivity contribution in [3.05, 3.63) is 53.9 Å². The molecule has 0 saturated heterocycles. The van der Waals surface area contributed by atoms with Crippen molar-refractivity contribution in [1.29, 1.82) is 0 Å². The second kappa shape index (κ2) is 9.39. The fourth-order valence-electron chi connectivity index (χ4n) is 2.57. The van der Waals surface area contributed by atoms with Crippen LogP contribution in [-0.2, 0) is 17.9 Å². The van der Waals surface area contributed by atoms with Gasteiger partial charge in [0.25, 0.3) is 0 Å². The van der Waals surface area contributed by atoms with Crippen LogP contribution in [0.5, 0.6) is 11.5 Å². The lowest BCUT2D eigenvalue weighted by molar-refractivity contribution is 0.0482. The molecule has 1 aromatic carbocycles. The zero-order valence-corrected chi connectivity index (χ0v) is 15.5. The van der Waals surface area contributed by atoms with Crippen LogP contribution in [0.25, 0.3) is 0 Å². The second-order valence-electron chi connectivity index (χ2n) is 6.74. The molecule has 0 amide bonds. The summed E-state index contributed by atoms with van der Waals surface area (Å²) in [5.74, 6) is 1.30. The van der Waals surface area contributed by atoms with E-state index in [2.05, 4.69) is 48.4 Å². The van der Waals surface area contributed by atoms with Crippen molar-refractivity contribution in [2.24, 2.45) is 5.41 Å². The Morgan fingerprint density at radius 3 is 2.48 bits per heavy atom. The van der Waals surface area contributed by atoms with Gasteiger partial charge in [0, 0.05) is 30.8 Å². The minimum absolute atomic E-state index is 0.0148. The number of nitrogens with zero attached hydrogens (tertiary/aromatic N) is 1. The molecule has 0 saturated carbocycles. The van der Waals surface area contributed by atoms with Crippen LogP contribution in [0.15, 0.2) is 42.6 Å². The van der Waals surface area contributed by atoms with Gasteiger partial charge in [-0.1, -0.05) is 44.2 Å². The quantitative estimate of drug-likeness (QED) is 0.716. The van der Waals surface area contributed by atoms with E-state index in [-0.39, 0.29) is 5.41 Å². The standard InChI is InChI=1S/C20H28N2O3/c1-20(2,14-21-12-16-8-6-5-7-9-16)15-25-13-17-19(24-4)18(23-3)10-11-22-17/h5-11,21H,12-15H2,1-4H3. The first kappa shape index (κ1) is 19.2. The van der Waals surface area contributed by atoms with Gasteiger partial charge < -0.3 is 19.5 Å². The molecule has 1 heterocycles. The number of aromatic nitrogens is 1. The average Bonchev–Trinajstić information content (AvgIpc) is 2.62. The predicted octanol–water partition coefficient (Wildman–Crippen LogP) is 3.43. The summed E-state index contributed by atoms with van der Waals surface area (Å²) in [5, 5.41) is 3.49. The van der Waals surface area contributed by atoms with Crippen molar-refractivity contribution in [3.63, 3.8) is 0 Å². The normalized spacial score (nSPS) is 11.4. The van der Waals surface area contributed by atoms with Gasteiger partial charge in [0.2, 0.25) is 0 Å². The summed E-state index contributed by atoms with van der Waals surface area (Å²) in [4.78, 5) is 4.33. The summed E-state index contributed by atoms with van der Waals surface area (Å²) in [6.45, 7) is 7.10. The first-order chi connectivity index (χ1) is 12.1. The Labute approximate surface area is 150 Å². The van der Waals surface area contributed by atoms with Gasteiger partial charge in [-0.2, -0.15) is 0 Å². The van der Waals surface area contributed by atoms with Crippen molar-refractivity contribution in [2.45, 2.75) is 27.0 Å². The van der Waals surface area contributed by atoms with Crippen molar-refractivity contribution in [2.75, 3.05) is 27.4 Å². The number of nitrogens with one attached hydrogen (secondary N) is 1. The number of hydrogen-bond acceptors (Lipinski definition) is 5. The molecule has 0 unspecified atom stereocenters. The highest BCUT2D eigenvalue weighted by atomic mass is 16.5. The number of pyridine rings is 1. The van der Waals surface area contributed by atoms with Crippen LogP contribution in [-0.4, -0.2) is 32.4 Å². The lowest BCUT2D eigenvalue weighted by Gasteiger charge is -2.25. The molecular weight excluding hydrogens is 316 g/mol. The monoisotopic (exact) mass is 344 g/mol. The molecule has 2 aromatic rings. The largest absolute Gasteiger partial charge is 0.493 e. The van der Waals surface area contributed by atoms with Crippen LogP contribution in [0.3, 0.4) is 0 Å². The third kappa shape index (κ3) is 6.03. The summed E-state index contributed by atoms with van der Waals surface area (Å²) < 4.78 is 16.6. The SMILES string of the molecule is COc1ccnc(COCC(C)(C)CNCc2ccccc2)c1OC. The molecule has 0 radical (unpaired) electrons. The van der Waals surface area contributed by atoms with Gasteiger partial charge in [0.15, 0.2) is 11.5 Å². The highest BCUT2D eigenvalue weighted by molar-refractivity contribution is 5.42. The fraction of sp³-hybridized carbons (Fsp3) is 0.450. The fourth-order valence-corrected chi connectivity index (χ4v) is 2.57. The molecule has 5 nitrogen and oxygen atoms in total. The van der Waals surface area contributed by atoms with Gasteiger partial charge in [-0.15, -0.1) is 0 Å². The Morgan fingerprint density at radius 1 is 1.04 bits per heavy atom. The van der Waals surface area contributed by atoms with Crippen LogP contribution in [0.2, 0.25) is 0 Å². The van der Waals surface area contributed by atoms with Crippen molar-refractivity contribution >= 4 is 0 Å².